The van der Waals surface area contributed by atoms with E-state index < -0.39 is 20.8 Å². The Bertz CT molecular complexity index is 2400. The monoisotopic (exact) mass is 948 g/mol. The topological polar surface area (TPSA) is 0 Å². The fraction of sp³-hybridized carbons (Fsp3) is 0.276. The van der Waals surface area contributed by atoms with Crippen LogP contribution in [0.5, 0.6) is 0 Å². The van der Waals surface area contributed by atoms with Crippen LogP contribution in [-0.4, -0.2) is 9.52 Å². The van der Waals surface area contributed by atoms with Crippen molar-refractivity contribution < 1.29 is 20.8 Å². The summed E-state index contributed by atoms with van der Waals surface area (Å²) in [4.78, 5) is 0. The van der Waals surface area contributed by atoms with Gasteiger partial charge in [-0.15, -0.1) is 69.1 Å². The predicted octanol–water partition coefficient (Wildman–Crippen LogP) is 18.6. The first-order valence-electron chi connectivity index (χ1n) is 22.2. The molecule has 0 saturated heterocycles. The van der Waals surface area contributed by atoms with E-state index in [-0.39, 0.29) is 0 Å². The van der Waals surface area contributed by atoms with Gasteiger partial charge in [-0.2, -0.15) is 12.1 Å². The normalized spacial score (nSPS) is 11.0. The van der Waals surface area contributed by atoms with Gasteiger partial charge in [-0.1, -0.05) is 200 Å². The van der Waals surface area contributed by atoms with Gasteiger partial charge >= 0.3 is 37.9 Å². The Hall–Kier alpha value is -3.78. The number of rotatable bonds is 10. The van der Waals surface area contributed by atoms with Gasteiger partial charge < -0.3 is 0 Å². The summed E-state index contributed by atoms with van der Waals surface area (Å²) in [7, 11) is 11.0. The van der Waals surface area contributed by atoms with Gasteiger partial charge in [0.15, 0.2) is 0 Å². The molecule has 0 spiro atoms. The zero-order chi connectivity index (χ0) is 44.8. The van der Waals surface area contributed by atoms with Crippen LogP contribution in [0.1, 0.15) is 89.5 Å². The van der Waals surface area contributed by atoms with Crippen LogP contribution >= 0.6 is 17.0 Å². The summed E-state index contributed by atoms with van der Waals surface area (Å²) < 4.78 is 0. The minimum absolute atomic E-state index is 0.478. The van der Waals surface area contributed by atoms with E-state index in [1.54, 1.807) is 0 Å². The second kappa shape index (κ2) is 24.3. The third-order valence-corrected chi connectivity index (χ3v) is 11.1. The number of hydrogen-bond donors (Lipinski definition) is 0. The molecule has 0 aliphatic heterocycles. The zero-order valence-corrected chi connectivity index (χ0v) is 43.5. The Morgan fingerprint density at radius 1 is 0.452 bits per heavy atom. The van der Waals surface area contributed by atoms with Crippen molar-refractivity contribution in [3.8, 4) is 44.5 Å². The van der Waals surface area contributed by atoms with Crippen molar-refractivity contribution in [3.05, 3.63) is 180 Å². The molecule has 4 heteroatoms. The summed E-state index contributed by atoms with van der Waals surface area (Å²) in [6.45, 7) is 22.7. The van der Waals surface area contributed by atoms with Crippen LogP contribution < -0.4 is 0 Å². The van der Waals surface area contributed by atoms with E-state index in [0.29, 0.717) is 23.7 Å². The summed E-state index contributed by atoms with van der Waals surface area (Å²) in [5.41, 5.74) is 16.4. The van der Waals surface area contributed by atoms with E-state index in [1.807, 2.05) is 0 Å². The molecule has 0 aromatic heterocycles. The first kappa shape index (κ1) is 49.2. The zero-order valence-electron chi connectivity index (χ0n) is 38.5. The molecule has 0 bridgehead atoms. The molecule has 0 aliphatic carbocycles. The van der Waals surface area contributed by atoms with E-state index in [2.05, 4.69) is 226 Å². The van der Waals surface area contributed by atoms with Crippen molar-refractivity contribution in [2.45, 2.75) is 93.2 Å². The Morgan fingerprint density at radius 2 is 0.758 bits per heavy atom. The molecule has 318 valence electrons. The molecule has 62 heavy (non-hydrogen) atoms. The fourth-order valence-electron chi connectivity index (χ4n) is 8.60. The van der Waals surface area contributed by atoms with Crippen molar-refractivity contribution in [2.75, 3.05) is 0 Å². The minimum atomic E-state index is -0.826. The molecule has 0 aliphatic rings. The van der Waals surface area contributed by atoms with Crippen molar-refractivity contribution >= 4 is 48.1 Å². The van der Waals surface area contributed by atoms with Crippen molar-refractivity contribution in [1.82, 2.24) is 0 Å². The fourth-order valence-corrected chi connectivity index (χ4v) is 8.60. The number of fused-ring (bicyclic) bond motifs is 2. The van der Waals surface area contributed by atoms with Gasteiger partial charge in [0.25, 0.3) is 0 Å². The Balaban J connectivity index is 0.000000208. The first-order chi connectivity index (χ1) is 29.9. The van der Waals surface area contributed by atoms with Crippen molar-refractivity contribution in [3.63, 3.8) is 0 Å². The number of hydrogen-bond acceptors (Lipinski definition) is 0. The van der Waals surface area contributed by atoms with Gasteiger partial charge in [0.1, 0.15) is 0 Å². The molecular formula is C58H64Cl2SiZr. The molecule has 0 N–H and O–H groups in total. The SMILES string of the molecule is CC(C)Cc1cc2c(-c3ccccc3-c3ccccc3)c(C(C)C)ccc2[cH-]1.CC(C)Cc1cc2c(-c3ccccc3-c3ccccc3)c(C(C)C)ccc2[cH-]1.C[Si]C.[Cl][Zr+2][Cl]. The molecule has 2 radical (unpaired) electrons. The van der Waals surface area contributed by atoms with E-state index >= 15 is 0 Å². The van der Waals surface area contributed by atoms with Crippen LogP contribution in [0.2, 0.25) is 13.1 Å². The molecule has 0 heterocycles. The molecule has 0 unspecified atom stereocenters. The van der Waals surface area contributed by atoms with Gasteiger partial charge in [-0.3, -0.25) is 0 Å². The first-order valence-corrected chi connectivity index (χ1v) is 30.5. The molecule has 0 fully saturated rings. The molecule has 0 atom stereocenters. The molecular weight excluding hydrogens is 887 g/mol. The third-order valence-electron chi connectivity index (χ3n) is 11.1. The van der Waals surface area contributed by atoms with Crippen LogP contribution in [0.25, 0.3) is 66.1 Å². The third kappa shape index (κ3) is 12.7. The van der Waals surface area contributed by atoms with Gasteiger partial charge in [-0.25, -0.2) is 0 Å². The van der Waals surface area contributed by atoms with Crippen LogP contribution in [0.4, 0.5) is 0 Å². The summed E-state index contributed by atoms with van der Waals surface area (Å²) >= 11 is -0.826. The number of halogens is 2. The number of benzene rings is 6. The van der Waals surface area contributed by atoms with Gasteiger partial charge in [-0.05, 0) is 69.9 Å². The van der Waals surface area contributed by atoms with E-state index in [4.69, 9.17) is 17.0 Å². The molecule has 0 nitrogen and oxygen atoms in total. The summed E-state index contributed by atoms with van der Waals surface area (Å²) in [5.74, 6) is 2.29. The van der Waals surface area contributed by atoms with Crippen molar-refractivity contribution in [2.24, 2.45) is 11.8 Å². The standard InChI is InChI=1S/2C28H29.C2H6Si.2ClH.Zr/c2*1-19(2)16-21-17-23-14-15-24(20(3)4)28(27(23)18-21)26-13-9-8-12-25(26)22-10-6-5-7-11-22;1-3-2;;;/h2*5-15,17-20H,16H2,1-4H3;1-2H3;2*1H;/q2*-1;;;;+4/p-2. The maximum atomic E-state index is 4.93. The summed E-state index contributed by atoms with van der Waals surface area (Å²) in [6.07, 6.45) is 2.26. The molecule has 8 aromatic rings. The average molecular weight is 951 g/mol. The van der Waals surface area contributed by atoms with Crippen molar-refractivity contribution in [1.29, 1.82) is 0 Å². The van der Waals surface area contributed by atoms with E-state index in [0.717, 1.165) is 22.4 Å². The average Bonchev–Trinajstić information content (AvgIpc) is 3.87. The second-order valence-electron chi connectivity index (χ2n) is 17.7. The second-order valence-corrected chi connectivity index (χ2v) is 22.4. The van der Waals surface area contributed by atoms with E-state index in [9.17, 15) is 0 Å². The van der Waals surface area contributed by atoms with E-state index in [1.165, 1.54) is 88.3 Å². The summed E-state index contributed by atoms with van der Waals surface area (Å²) in [6, 6.07) is 58.2. The Kier molecular flexibility index (Phi) is 19.3. The quantitative estimate of drug-likeness (QED) is 0.0947. The van der Waals surface area contributed by atoms with Gasteiger partial charge in [0, 0.05) is 9.52 Å². The van der Waals surface area contributed by atoms with Gasteiger partial charge in [0.2, 0.25) is 0 Å². The molecule has 0 saturated carbocycles. The van der Waals surface area contributed by atoms with Crippen LogP contribution in [0, 0.1) is 11.8 Å². The molecule has 8 rings (SSSR count). The predicted molar refractivity (Wildman–Crippen MR) is 275 cm³/mol. The van der Waals surface area contributed by atoms with Crippen LogP contribution in [-0.2, 0) is 33.7 Å². The molecule has 8 aromatic carbocycles. The Morgan fingerprint density at radius 3 is 1.06 bits per heavy atom. The van der Waals surface area contributed by atoms with Crippen LogP contribution in [0.3, 0.4) is 0 Å². The maximum absolute atomic E-state index is 4.93. The summed E-state index contributed by atoms with van der Waals surface area (Å²) in [5, 5.41) is 5.51. The van der Waals surface area contributed by atoms with Gasteiger partial charge in [0.05, 0.1) is 0 Å². The molecule has 0 amide bonds. The van der Waals surface area contributed by atoms with Crippen LogP contribution in [0.15, 0.2) is 158 Å². The Labute approximate surface area is 395 Å².